The van der Waals surface area contributed by atoms with E-state index in [4.69, 9.17) is 4.74 Å². The van der Waals surface area contributed by atoms with Gasteiger partial charge < -0.3 is 15.0 Å². The summed E-state index contributed by atoms with van der Waals surface area (Å²) in [6.07, 6.45) is 4.01. The van der Waals surface area contributed by atoms with Crippen molar-refractivity contribution >= 4 is 0 Å². The lowest BCUT2D eigenvalue weighted by Gasteiger charge is -2.27. The Morgan fingerprint density at radius 1 is 1.05 bits per heavy atom. The van der Waals surface area contributed by atoms with Gasteiger partial charge in [0.1, 0.15) is 0 Å². The van der Waals surface area contributed by atoms with Gasteiger partial charge in [-0.2, -0.15) is 0 Å². The van der Waals surface area contributed by atoms with Crippen LogP contribution in [-0.2, 0) is 11.3 Å². The minimum absolute atomic E-state index is 0.732. The van der Waals surface area contributed by atoms with Crippen molar-refractivity contribution in [1.82, 2.24) is 10.2 Å². The fourth-order valence-corrected chi connectivity index (χ4v) is 3.56. The first-order valence-electron chi connectivity index (χ1n) is 8.45. The van der Waals surface area contributed by atoms with Gasteiger partial charge in [0.25, 0.3) is 0 Å². The van der Waals surface area contributed by atoms with Crippen molar-refractivity contribution < 1.29 is 4.74 Å². The van der Waals surface area contributed by atoms with Gasteiger partial charge in [0, 0.05) is 13.1 Å². The Balaban J connectivity index is 1.33. The molecule has 1 aromatic carbocycles. The maximum Gasteiger partial charge on any atom is 0.0717 e. The molecule has 1 atom stereocenters. The highest BCUT2D eigenvalue weighted by atomic mass is 16.5. The topological polar surface area (TPSA) is 24.5 Å². The third-order valence-electron chi connectivity index (χ3n) is 4.81. The van der Waals surface area contributed by atoms with E-state index in [1.165, 1.54) is 57.5 Å². The second kappa shape index (κ2) is 7.92. The van der Waals surface area contributed by atoms with Crippen molar-refractivity contribution in [1.29, 1.82) is 0 Å². The molecule has 2 heterocycles. The predicted octanol–water partition coefficient (Wildman–Crippen LogP) is 2.52. The molecule has 0 spiro atoms. The number of rotatable bonds is 6. The summed E-state index contributed by atoms with van der Waals surface area (Å²) >= 11 is 0. The van der Waals surface area contributed by atoms with E-state index in [-0.39, 0.29) is 0 Å². The second-order valence-corrected chi connectivity index (χ2v) is 6.61. The minimum Gasteiger partial charge on any atom is -0.376 e. The van der Waals surface area contributed by atoms with E-state index in [0.29, 0.717) is 0 Å². The summed E-state index contributed by atoms with van der Waals surface area (Å²) in [6.45, 7) is 7.90. The van der Waals surface area contributed by atoms with Crippen LogP contribution < -0.4 is 5.32 Å². The smallest absolute Gasteiger partial charge is 0.0717 e. The van der Waals surface area contributed by atoms with Gasteiger partial charge in [-0.15, -0.1) is 0 Å². The van der Waals surface area contributed by atoms with Crippen LogP contribution in [-0.4, -0.2) is 44.2 Å². The Kier molecular flexibility index (Phi) is 5.67. The Hall–Kier alpha value is -0.900. The van der Waals surface area contributed by atoms with Crippen molar-refractivity contribution in [2.45, 2.75) is 25.9 Å². The molecule has 21 heavy (non-hydrogen) atoms. The van der Waals surface area contributed by atoms with Crippen LogP contribution in [0.3, 0.4) is 0 Å². The molecule has 1 unspecified atom stereocenters. The molecule has 0 radical (unpaired) electrons. The van der Waals surface area contributed by atoms with Gasteiger partial charge in [-0.3, -0.25) is 0 Å². The molecular formula is C18H28N2O. The summed E-state index contributed by atoms with van der Waals surface area (Å²) in [6, 6.07) is 10.5. The summed E-state index contributed by atoms with van der Waals surface area (Å²) in [5.74, 6) is 1.64. The zero-order valence-corrected chi connectivity index (χ0v) is 13.0. The number of nitrogens with zero attached hydrogens (tertiary/aromatic N) is 1. The molecule has 1 N–H and O–H groups in total. The predicted molar refractivity (Wildman–Crippen MR) is 86.2 cm³/mol. The molecule has 0 aromatic heterocycles. The van der Waals surface area contributed by atoms with Gasteiger partial charge in [0.15, 0.2) is 0 Å². The Labute approximate surface area is 128 Å². The first kappa shape index (κ1) is 15.0. The van der Waals surface area contributed by atoms with Gasteiger partial charge in [-0.25, -0.2) is 0 Å². The highest BCUT2D eigenvalue weighted by molar-refractivity contribution is 5.13. The Bertz CT molecular complexity index is 403. The fraction of sp³-hybridized carbons (Fsp3) is 0.667. The Morgan fingerprint density at radius 2 is 1.86 bits per heavy atom. The van der Waals surface area contributed by atoms with E-state index in [0.717, 1.165) is 25.0 Å². The standard InChI is InChI=1S/C18H28N2O/c1-2-4-17(5-3-1)14-21-15-18-8-11-20(13-18)12-16-6-9-19-10-7-16/h1-5,16,18-19H,6-15H2. The number of hydrogen-bond donors (Lipinski definition) is 1. The molecule has 0 saturated carbocycles. The lowest BCUT2D eigenvalue weighted by atomic mass is 9.98. The van der Waals surface area contributed by atoms with E-state index >= 15 is 0 Å². The number of benzene rings is 1. The van der Waals surface area contributed by atoms with Crippen LogP contribution in [0.15, 0.2) is 30.3 Å². The molecule has 0 aliphatic carbocycles. The SMILES string of the molecule is c1ccc(COCC2CCN(CC3CCNCC3)C2)cc1. The maximum atomic E-state index is 5.91. The monoisotopic (exact) mass is 288 g/mol. The number of likely N-dealkylation sites (tertiary alicyclic amines) is 1. The van der Waals surface area contributed by atoms with E-state index in [9.17, 15) is 0 Å². The number of hydrogen-bond acceptors (Lipinski definition) is 3. The van der Waals surface area contributed by atoms with Crippen molar-refractivity contribution in [3.05, 3.63) is 35.9 Å². The molecule has 2 fully saturated rings. The van der Waals surface area contributed by atoms with Crippen LogP contribution in [0.4, 0.5) is 0 Å². The van der Waals surface area contributed by atoms with Gasteiger partial charge in [0.05, 0.1) is 13.2 Å². The molecule has 116 valence electrons. The lowest BCUT2D eigenvalue weighted by Crippen LogP contribution is -2.35. The van der Waals surface area contributed by atoms with E-state index in [2.05, 4.69) is 40.5 Å². The first-order valence-corrected chi connectivity index (χ1v) is 8.45. The lowest BCUT2D eigenvalue weighted by molar-refractivity contribution is 0.0877. The summed E-state index contributed by atoms with van der Waals surface area (Å²) in [4.78, 5) is 2.66. The van der Waals surface area contributed by atoms with Crippen LogP contribution in [0.1, 0.15) is 24.8 Å². The second-order valence-electron chi connectivity index (χ2n) is 6.61. The normalized spacial score (nSPS) is 24.5. The summed E-state index contributed by atoms with van der Waals surface area (Å²) in [7, 11) is 0. The number of nitrogens with one attached hydrogen (secondary N) is 1. The number of piperidine rings is 1. The molecular weight excluding hydrogens is 260 g/mol. The molecule has 1 aromatic rings. The summed E-state index contributed by atoms with van der Waals surface area (Å²) in [5, 5.41) is 3.45. The van der Waals surface area contributed by atoms with Crippen LogP contribution in [0.2, 0.25) is 0 Å². The summed E-state index contributed by atoms with van der Waals surface area (Å²) < 4.78 is 5.91. The first-order chi connectivity index (χ1) is 10.4. The minimum atomic E-state index is 0.732. The molecule has 0 bridgehead atoms. The highest BCUT2D eigenvalue weighted by Gasteiger charge is 2.25. The molecule has 2 aliphatic heterocycles. The van der Waals surface area contributed by atoms with Crippen molar-refractivity contribution in [3.8, 4) is 0 Å². The molecule has 2 aliphatic rings. The molecule has 3 heteroatoms. The number of ether oxygens (including phenoxy) is 1. The summed E-state index contributed by atoms with van der Waals surface area (Å²) in [5.41, 5.74) is 1.28. The van der Waals surface area contributed by atoms with Crippen molar-refractivity contribution in [2.75, 3.05) is 39.3 Å². The molecule has 3 nitrogen and oxygen atoms in total. The van der Waals surface area contributed by atoms with E-state index in [1.807, 2.05) is 0 Å². The van der Waals surface area contributed by atoms with Crippen molar-refractivity contribution in [3.63, 3.8) is 0 Å². The maximum absolute atomic E-state index is 5.91. The molecule has 2 saturated heterocycles. The molecule has 3 rings (SSSR count). The van der Waals surface area contributed by atoms with Crippen LogP contribution in [0.5, 0.6) is 0 Å². The highest BCUT2D eigenvalue weighted by Crippen LogP contribution is 2.21. The Morgan fingerprint density at radius 3 is 2.67 bits per heavy atom. The van der Waals surface area contributed by atoms with Crippen LogP contribution in [0, 0.1) is 11.8 Å². The van der Waals surface area contributed by atoms with Gasteiger partial charge in [-0.1, -0.05) is 30.3 Å². The van der Waals surface area contributed by atoms with E-state index in [1.54, 1.807) is 0 Å². The molecule has 0 amide bonds. The fourth-order valence-electron chi connectivity index (χ4n) is 3.56. The quantitative estimate of drug-likeness (QED) is 0.870. The van der Waals surface area contributed by atoms with Gasteiger partial charge >= 0.3 is 0 Å². The van der Waals surface area contributed by atoms with Crippen LogP contribution >= 0.6 is 0 Å². The zero-order valence-electron chi connectivity index (χ0n) is 13.0. The largest absolute Gasteiger partial charge is 0.376 e. The third-order valence-corrected chi connectivity index (χ3v) is 4.81. The van der Waals surface area contributed by atoms with Crippen molar-refractivity contribution in [2.24, 2.45) is 11.8 Å². The van der Waals surface area contributed by atoms with Gasteiger partial charge in [0.2, 0.25) is 0 Å². The van der Waals surface area contributed by atoms with Crippen LogP contribution in [0.25, 0.3) is 0 Å². The average Bonchev–Trinajstić information content (AvgIpc) is 2.97. The third kappa shape index (κ3) is 4.80. The van der Waals surface area contributed by atoms with E-state index < -0.39 is 0 Å². The van der Waals surface area contributed by atoms with Gasteiger partial charge in [-0.05, 0) is 56.3 Å². The zero-order chi connectivity index (χ0) is 14.3. The average molecular weight is 288 g/mol.